The van der Waals surface area contributed by atoms with Crippen LogP contribution in [0, 0.1) is 0 Å². The van der Waals surface area contributed by atoms with Crippen LogP contribution in [0.4, 0.5) is 10.8 Å². The van der Waals surface area contributed by atoms with Crippen molar-refractivity contribution in [1.82, 2.24) is 15.5 Å². The van der Waals surface area contributed by atoms with Crippen LogP contribution in [-0.4, -0.2) is 48.7 Å². The topological polar surface area (TPSA) is 85.4 Å². The molecule has 1 heterocycles. The summed E-state index contributed by atoms with van der Waals surface area (Å²) in [5, 5.41) is 14.8. The number of carbonyl (C=O) groups is 1. The number of nitrogens with zero attached hydrogens (tertiary/aromatic N) is 2. The second-order valence-electron chi connectivity index (χ2n) is 4.91. The predicted octanol–water partition coefficient (Wildman–Crippen LogP) is 2.53. The van der Waals surface area contributed by atoms with Gasteiger partial charge in [0.1, 0.15) is 5.75 Å². The summed E-state index contributed by atoms with van der Waals surface area (Å²) in [6, 6.07) is 7.56. The quantitative estimate of drug-likeness (QED) is 0.658. The summed E-state index contributed by atoms with van der Waals surface area (Å²) in [5.41, 5.74) is 0.818. The molecule has 1 atom stereocenters. The average Bonchev–Trinajstić information content (AvgIpc) is 3.01. The summed E-state index contributed by atoms with van der Waals surface area (Å²) in [5.74, 6) is 0.963. The highest BCUT2D eigenvalue weighted by Gasteiger charge is 2.11. The highest BCUT2D eigenvalue weighted by Crippen LogP contribution is 2.31. The molecule has 24 heavy (non-hydrogen) atoms. The third kappa shape index (κ3) is 5.66. The minimum absolute atomic E-state index is 0.0136. The Morgan fingerprint density at radius 1 is 1.33 bits per heavy atom. The Balaban J connectivity index is 1.86. The SMILES string of the molecule is COC[C@@H](C)NC(=O)CSc1nnc(Nc2ccccc2OC)s1. The van der Waals surface area contributed by atoms with Gasteiger partial charge in [-0.05, 0) is 19.1 Å². The minimum atomic E-state index is -0.0565. The number of amides is 1. The zero-order valence-electron chi connectivity index (χ0n) is 13.7. The minimum Gasteiger partial charge on any atom is -0.495 e. The first-order chi connectivity index (χ1) is 11.6. The highest BCUT2D eigenvalue weighted by atomic mass is 32.2. The second-order valence-corrected chi connectivity index (χ2v) is 7.11. The van der Waals surface area contributed by atoms with E-state index in [4.69, 9.17) is 9.47 Å². The number of rotatable bonds is 9. The maximum Gasteiger partial charge on any atom is 0.230 e. The molecule has 1 aromatic carbocycles. The Morgan fingerprint density at radius 2 is 2.12 bits per heavy atom. The van der Waals surface area contributed by atoms with Crippen LogP contribution in [0.1, 0.15) is 6.92 Å². The van der Waals surface area contributed by atoms with Crippen molar-refractivity contribution in [3.8, 4) is 5.75 Å². The first-order valence-corrected chi connectivity index (χ1v) is 9.07. The second kappa shape index (κ2) is 9.45. The van der Waals surface area contributed by atoms with Crippen LogP contribution >= 0.6 is 23.1 Å². The fourth-order valence-corrected chi connectivity index (χ4v) is 3.49. The normalized spacial score (nSPS) is 11.8. The summed E-state index contributed by atoms with van der Waals surface area (Å²) in [6.07, 6.45) is 0. The molecule has 0 unspecified atom stereocenters. The van der Waals surface area contributed by atoms with Crippen LogP contribution in [0.2, 0.25) is 0 Å². The summed E-state index contributed by atoms with van der Waals surface area (Å²) in [6.45, 7) is 2.38. The van der Waals surface area contributed by atoms with E-state index in [1.807, 2.05) is 31.2 Å². The number of para-hydroxylation sites is 2. The van der Waals surface area contributed by atoms with Crippen molar-refractivity contribution in [2.75, 3.05) is 31.9 Å². The van der Waals surface area contributed by atoms with Crippen LogP contribution in [0.25, 0.3) is 0 Å². The van der Waals surface area contributed by atoms with Crippen LogP contribution in [0.5, 0.6) is 5.75 Å². The van der Waals surface area contributed by atoms with E-state index in [0.717, 1.165) is 15.8 Å². The maximum absolute atomic E-state index is 11.8. The molecule has 130 valence electrons. The zero-order valence-corrected chi connectivity index (χ0v) is 15.4. The zero-order chi connectivity index (χ0) is 17.4. The molecule has 2 N–H and O–H groups in total. The lowest BCUT2D eigenvalue weighted by Gasteiger charge is -2.11. The van der Waals surface area contributed by atoms with Gasteiger partial charge in [-0.3, -0.25) is 4.79 Å². The van der Waals surface area contributed by atoms with E-state index in [2.05, 4.69) is 20.8 Å². The average molecular weight is 368 g/mol. The van der Waals surface area contributed by atoms with Crippen LogP contribution in [0.3, 0.4) is 0 Å². The number of thioether (sulfide) groups is 1. The van der Waals surface area contributed by atoms with E-state index in [9.17, 15) is 4.79 Å². The summed E-state index contributed by atoms with van der Waals surface area (Å²) >= 11 is 2.74. The van der Waals surface area contributed by atoms with Crippen molar-refractivity contribution in [3.63, 3.8) is 0 Å². The van der Waals surface area contributed by atoms with Crippen molar-refractivity contribution < 1.29 is 14.3 Å². The van der Waals surface area contributed by atoms with Gasteiger partial charge in [-0.2, -0.15) is 0 Å². The molecule has 9 heteroatoms. The van der Waals surface area contributed by atoms with Gasteiger partial charge in [0, 0.05) is 13.2 Å². The van der Waals surface area contributed by atoms with E-state index >= 15 is 0 Å². The number of carbonyl (C=O) groups excluding carboxylic acids is 1. The number of aromatic nitrogens is 2. The summed E-state index contributed by atoms with van der Waals surface area (Å²) in [7, 11) is 3.22. The number of hydrogen-bond donors (Lipinski definition) is 2. The summed E-state index contributed by atoms with van der Waals surface area (Å²) < 4.78 is 11.0. The molecule has 0 bridgehead atoms. The third-order valence-corrected chi connectivity index (χ3v) is 4.88. The van der Waals surface area contributed by atoms with Crippen LogP contribution < -0.4 is 15.4 Å². The van der Waals surface area contributed by atoms with E-state index in [0.29, 0.717) is 11.7 Å². The lowest BCUT2D eigenvalue weighted by molar-refractivity contribution is -0.119. The first kappa shape index (κ1) is 18.5. The molecule has 2 aromatic rings. The van der Waals surface area contributed by atoms with Gasteiger partial charge >= 0.3 is 0 Å². The van der Waals surface area contributed by atoms with Gasteiger partial charge in [0.25, 0.3) is 0 Å². The van der Waals surface area contributed by atoms with Crippen molar-refractivity contribution in [3.05, 3.63) is 24.3 Å². The fourth-order valence-electron chi connectivity index (χ4n) is 1.92. The maximum atomic E-state index is 11.8. The smallest absolute Gasteiger partial charge is 0.230 e. The van der Waals surface area contributed by atoms with Gasteiger partial charge in [0.2, 0.25) is 11.0 Å². The van der Waals surface area contributed by atoms with E-state index in [1.54, 1.807) is 14.2 Å². The molecule has 0 aliphatic carbocycles. The van der Waals surface area contributed by atoms with E-state index in [1.165, 1.54) is 23.1 Å². The van der Waals surface area contributed by atoms with Gasteiger partial charge < -0.3 is 20.1 Å². The van der Waals surface area contributed by atoms with E-state index in [-0.39, 0.29) is 17.7 Å². The number of hydrogen-bond acceptors (Lipinski definition) is 8. The molecule has 0 fully saturated rings. The fraction of sp³-hybridized carbons (Fsp3) is 0.400. The van der Waals surface area contributed by atoms with E-state index < -0.39 is 0 Å². The monoisotopic (exact) mass is 368 g/mol. The number of benzene rings is 1. The molecular formula is C15H20N4O3S2. The number of ether oxygens (including phenoxy) is 2. The molecule has 0 radical (unpaired) electrons. The van der Waals surface area contributed by atoms with Gasteiger partial charge in [-0.25, -0.2) is 0 Å². The lowest BCUT2D eigenvalue weighted by Crippen LogP contribution is -2.36. The Kier molecular flexibility index (Phi) is 7.29. The molecule has 0 saturated carbocycles. The molecule has 0 aliphatic rings. The molecule has 1 aromatic heterocycles. The molecule has 0 spiro atoms. The van der Waals surface area contributed by atoms with Crippen molar-refractivity contribution in [1.29, 1.82) is 0 Å². The molecular weight excluding hydrogens is 348 g/mol. The number of methoxy groups -OCH3 is 2. The van der Waals surface area contributed by atoms with Gasteiger partial charge in [0.15, 0.2) is 4.34 Å². The van der Waals surface area contributed by atoms with Crippen LogP contribution in [0.15, 0.2) is 28.6 Å². The summed E-state index contributed by atoms with van der Waals surface area (Å²) in [4.78, 5) is 11.8. The number of nitrogens with one attached hydrogen (secondary N) is 2. The van der Waals surface area contributed by atoms with Crippen molar-refractivity contribution in [2.45, 2.75) is 17.3 Å². The Morgan fingerprint density at radius 3 is 2.88 bits per heavy atom. The van der Waals surface area contributed by atoms with Crippen molar-refractivity contribution in [2.24, 2.45) is 0 Å². The Hall–Kier alpha value is -1.84. The van der Waals surface area contributed by atoms with Crippen molar-refractivity contribution >= 4 is 39.8 Å². The standard InChI is InChI=1S/C15H20N4O3S2/c1-10(8-21-2)16-13(20)9-23-15-19-18-14(24-15)17-11-6-4-5-7-12(11)22-3/h4-7,10H,8-9H2,1-3H3,(H,16,20)(H,17,18)/t10-/m1/s1. The first-order valence-electron chi connectivity index (χ1n) is 7.27. The Bertz CT molecular complexity index is 666. The number of anilines is 2. The third-order valence-electron chi connectivity index (χ3n) is 2.91. The molecule has 2 rings (SSSR count). The predicted molar refractivity (Wildman–Crippen MR) is 96.4 cm³/mol. The molecule has 1 amide bonds. The van der Waals surface area contributed by atoms with Gasteiger partial charge in [-0.15, -0.1) is 10.2 Å². The molecule has 0 aliphatic heterocycles. The molecule has 7 nitrogen and oxygen atoms in total. The Labute approximate surface area is 149 Å². The van der Waals surface area contributed by atoms with Gasteiger partial charge in [0.05, 0.1) is 25.2 Å². The van der Waals surface area contributed by atoms with Gasteiger partial charge in [-0.1, -0.05) is 35.2 Å². The molecule has 0 saturated heterocycles. The van der Waals surface area contributed by atoms with Crippen LogP contribution in [-0.2, 0) is 9.53 Å². The highest BCUT2D eigenvalue weighted by molar-refractivity contribution is 8.01. The largest absolute Gasteiger partial charge is 0.495 e. The lowest BCUT2D eigenvalue weighted by atomic mass is 10.3.